The van der Waals surface area contributed by atoms with Crippen molar-refractivity contribution in [2.45, 2.75) is 19.8 Å². The Morgan fingerprint density at radius 3 is 2.79 bits per heavy atom. The molecule has 7 heteroatoms. The number of carbonyl (C=O) groups is 1. The first-order chi connectivity index (χ1) is 9.01. The van der Waals surface area contributed by atoms with Gasteiger partial charge < -0.3 is 5.32 Å². The maximum atomic E-state index is 11.5. The highest BCUT2D eigenvalue weighted by molar-refractivity contribution is 6.29. The summed E-state index contributed by atoms with van der Waals surface area (Å²) in [6, 6.07) is 3.22. The molecule has 0 saturated carbocycles. The Morgan fingerprint density at radius 1 is 1.42 bits per heavy atom. The molecule has 0 atom stereocenters. The van der Waals surface area contributed by atoms with E-state index in [-0.39, 0.29) is 11.8 Å². The molecule has 19 heavy (non-hydrogen) atoms. The van der Waals surface area contributed by atoms with Crippen molar-refractivity contribution in [3.63, 3.8) is 0 Å². The lowest BCUT2D eigenvalue weighted by Gasteiger charge is -2.07. The number of rotatable bonds is 3. The molecule has 1 amide bonds. The zero-order valence-electron chi connectivity index (χ0n) is 10.9. The van der Waals surface area contributed by atoms with E-state index in [2.05, 4.69) is 20.4 Å². The van der Waals surface area contributed by atoms with Gasteiger partial charge in [0.2, 0.25) is 0 Å². The largest absolute Gasteiger partial charge is 0.354 e. The van der Waals surface area contributed by atoms with E-state index in [0.717, 1.165) is 0 Å². The Bertz CT molecular complexity index is 608. The molecule has 6 nitrogen and oxygen atoms in total. The predicted molar refractivity (Wildman–Crippen MR) is 71.6 cm³/mol. The molecular formula is C12H14ClN5O. The second-order valence-corrected chi connectivity index (χ2v) is 4.67. The Balaban J connectivity index is 2.41. The first-order valence-electron chi connectivity index (χ1n) is 5.84. The van der Waals surface area contributed by atoms with E-state index < -0.39 is 0 Å². The van der Waals surface area contributed by atoms with E-state index >= 15 is 0 Å². The molecule has 0 saturated heterocycles. The minimum atomic E-state index is -0.247. The van der Waals surface area contributed by atoms with Gasteiger partial charge in [-0.2, -0.15) is 5.10 Å². The van der Waals surface area contributed by atoms with Gasteiger partial charge in [-0.05, 0) is 6.07 Å². The Morgan fingerprint density at radius 2 is 2.16 bits per heavy atom. The standard InChI is InChI=1S/C12H14ClN5O/c1-7(2)11-15-9(13)6-10(16-11)18-5-4-8(17-18)12(19)14-3/h4-7H,1-3H3,(H,14,19). The van der Waals surface area contributed by atoms with Gasteiger partial charge in [0.15, 0.2) is 11.5 Å². The Labute approximate surface area is 115 Å². The Hall–Kier alpha value is -1.95. The zero-order chi connectivity index (χ0) is 14.0. The summed E-state index contributed by atoms with van der Waals surface area (Å²) in [6.07, 6.45) is 1.66. The number of hydrogen-bond donors (Lipinski definition) is 1. The normalized spacial score (nSPS) is 10.8. The highest BCUT2D eigenvalue weighted by Crippen LogP contribution is 2.16. The van der Waals surface area contributed by atoms with Crippen LogP contribution in [0.3, 0.4) is 0 Å². The van der Waals surface area contributed by atoms with Gasteiger partial charge in [-0.1, -0.05) is 25.4 Å². The van der Waals surface area contributed by atoms with Gasteiger partial charge in [0.25, 0.3) is 5.91 Å². The lowest BCUT2D eigenvalue weighted by molar-refractivity contribution is 0.0957. The van der Waals surface area contributed by atoms with Crippen LogP contribution in [0.2, 0.25) is 5.15 Å². The summed E-state index contributed by atoms with van der Waals surface area (Å²) in [5, 5.41) is 7.01. The number of halogens is 1. The van der Waals surface area contributed by atoms with Crippen molar-refractivity contribution in [3.8, 4) is 5.82 Å². The van der Waals surface area contributed by atoms with Gasteiger partial charge in [-0.3, -0.25) is 4.79 Å². The molecule has 0 bridgehead atoms. The van der Waals surface area contributed by atoms with Crippen molar-refractivity contribution >= 4 is 17.5 Å². The number of carbonyl (C=O) groups excluding carboxylic acids is 1. The van der Waals surface area contributed by atoms with E-state index in [9.17, 15) is 4.79 Å². The third-order valence-electron chi connectivity index (χ3n) is 2.50. The van der Waals surface area contributed by atoms with Crippen molar-refractivity contribution < 1.29 is 4.79 Å². The van der Waals surface area contributed by atoms with Crippen LogP contribution in [0, 0.1) is 0 Å². The maximum Gasteiger partial charge on any atom is 0.271 e. The average Bonchev–Trinajstić information content (AvgIpc) is 2.86. The maximum absolute atomic E-state index is 11.5. The fraction of sp³-hybridized carbons (Fsp3) is 0.333. The van der Waals surface area contributed by atoms with Crippen LogP contribution in [0.4, 0.5) is 0 Å². The summed E-state index contributed by atoms with van der Waals surface area (Å²) in [7, 11) is 1.56. The first-order valence-corrected chi connectivity index (χ1v) is 6.21. The molecule has 2 aromatic heterocycles. The molecule has 100 valence electrons. The second-order valence-electron chi connectivity index (χ2n) is 4.29. The van der Waals surface area contributed by atoms with Crippen molar-refractivity contribution in [1.29, 1.82) is 0 Å². The van der Waals surface area contributed by atoms with Crippen LogP contribution in [0.25, 0.3) is 5.82 Å². The van der Waals surface area contributed by atoms with Crippen LogP contribution >= 0.6 is 11.6 Å². The van der Waals surface area contributed by atoms with Crippen molar-refractivity contribution in [3.05, 3.63) is 35.0 Å². The minimum Gasteiger partial charge on any atom is -0.354 e. The first kappa shape index (κ1) is 13.5. The van der Waals surface area contributed by atoms with Gasteiger partial charge in [-0.25, -0.2) is 14.6 Å². The molecule has 2 aromatic rings. The summed E-state index contributed by atoms with van der Waals surface area (Å²) in [6.45, 7) is 3.96. The predicted octanol–water partition coefficient (Wildman–Crippen LogP) is 1.80. The second kappa shape index (κ2) is 5.36. The number of nitrogens with one attached hydrogen (secondary N) is 1. The van der Waals surface area contributed by atoms with E-state index in [0.29, 0.717) is 22.5 Å². The highest BCUT2D eigenvalue weighted by atomic mass is 35.5. The van der Waals surface area contributed by atoms with Crippen LogP contribution in [-0.2, 0) is 0 Å². The molecular weight excluding hydrogens is 266 g/mol. The highest BCUT2D eigenvalue weighted by Gasteiger charge is 2.11. The molecule has 2 rings (SSSR count). The van der Waals surface area contributed by atoms with Crippen LogP contribution < -0.4 is 5.32 Å². The van der Waals surface area contributed by atoms with Gasteiger partial charge in [0, 0.05) is 25.2 Å². The van der Waals surface area contributed by atoms with E-state index in [1.54, 1.807) is 25.4 Å². The van der Waals surface area contributed by atoms with Gasteiger partial charge in [0.05, 0.1) is 0 Å². The van der Waals surface area contributed by atoms with Gasteiger partial charge >= 0.3 is 0 Å². The van der Waals surface area contributed by atoms with E-state index in [4.69, 9.17) is 11.6 Å². The monoisotopic (exact) mass is 279 g/mol. The molecule has 0 spiro atoms. The zero-order valence-corrected chi connectivity index (χ0v) is 11.6. The molecule has 0 aliphatic carbocycles. The Kier molecular flexibility index (Phi) is 3.80. The van der Waals surface area contributed by atoms with Crippen LogP contribution in [-0.4, -0.2) is 32.7 Å². The lowest BCUT2D eigenvalue weighted by Crippen LogP contribution is -2.18. The lowest BCUT2D eigenvalue weighted by atomic mass is 10.2. The molecule has 0 unspecified atom stereocenters. The van der Waals surface area contributed by atoms with Crippen molar-refractivity contribution in [2.24, 2.45) is 0 Å². The topological polar surface area (TPSA) is 72.7 Å². The summed E-state index contributed by atoms with van der Waals surface area (Å²) in [5.41, 5.74) is 0.323. The average molecular weight is 280 g/mol. The number of nitrogens with zero attached hydrogens (tertiary/aromatic N) is 4. The molecule has 2 heterocycles. The third kappa shape index (κ3) is 2.90. The smallest absolute Gasteiger partial charge is 0.271 e. The van der Waals surface area contributed by atoms with Gasteiger partial charge in [-0.15, -0.1) is 0 Å². The fourth-order valence-electron chi connectivity index (χ4n) is 1.50. The minimum absolute atomic E-state index is 0.159. The third-order valence-corrected chi connectivity index (χ3v) is 2.69. The summed E-state index contributed by atoms with van der Waals surface area (Å²) in [5.74, 6) is 1.09. The summed E-state index contributed by atoms with van der Waals surface area (Å²) < 4.78 is 1.50. The van der Waals surface area contributed by atoms with Crippen LogP contribution in [0.1, 0.15) is 36.1 Å². The summed E-state index contributed by atoms with van der Waals surface area (Å²) in [4.78, 5) is 20.0. The summed E-state index contributed by atoms with van der Waals surface area (Å²) >= 11 is 5.97. The quantitative estimate of drug-likeness (QED) is 0.870. The molecule has 1 N–H and O–H groups in total. The SMILES string of the molecule is CNC(=O)c1ccn(-c2cc(Cl)nc(C(C)C)n2)n1. The van der Waals surface area contributed by atoms with E-state index in [1.807, 2.05) is 13.8 Å². The van der Waals surface area contributed by atoms with Crippen molar-refractivity contribution in [2.75, 3.05) is 7.05 Å². The number of hydrogen-bond acceptors (Lipinski definition) is 4. The van der Waals surface area contributed by atoms with Crippen molar-refractivity contribution in [1.82, 2.24) is 25.1 Å². The number of aromatic nitrogens is 4. The number of amides is 1. The van der Waals surface area contributed by atoms with Gasteiger partial charge in [0.1, 0.15) is 11.0 Å². The molecule has 0 fully saturated rings. The molecule has 0 aromatic carbocycles. The molecule has 0 aliphatic heterocycles. The van der Waals surface area contributed by atoms with Crippen LogP contribution in [0.5, 0.6) is 0 Å². The van der Waals surface area contributed by atoms with E-state index in [1.165, 1.54) is 4.68 Å². The molecule has 0 aliphatic rings. The van der Waals surface area contributed by atoms with Crippen LogP contribution in [0.15, 0.2) is 18.3 Å². The molecule has 0 radical (unpaired) electrons. The fourth-order valence-corrected chi connectivity index (χ4v) is 1.68.